The fraction of sp³-hybridized carbons (Fsp3) is 0.267. The summed E-state index contributed by atoms with van der Waals surface area (Å²) in [6.07, 6.45) is 1.58. The van der Waals surface area contributed by atoms with E-state index in [2.05, 4.69) is 31.2 Å². The average Bonchev–Trinajstić information content (AvgIpc) is 2.37. The summed E-state index contributed by atoms with van der Waals surface area (Å²) >= 11 is 4.93. The molecule has 0 spiro atoms. The highest BCUT2D eigenvalue weighted by Crippen LogP contribution is 2.22. The molecule has 0 amide bonds. The molecule has 2 rings (SSSR count). The Morgan fingerprint density at radius 3 is 2.61 bits per heavy atom. The first-order valence-corrected chi connectivity index (χ1v) is 6.53. The summed E-state index contributed by atoms with van der Waals surface area (Å²) in [5.74, 6) is 0.872. The first-order chi connectivity index (χ1) is 8.69. The topological polar surface area (TPSA) is 35.2 Å². The lowest BCUT2D eigenvalue weighted by atomic mass is 10.1. The Morgan fingerprint density at radius 1 is 1.22 bits per heavy atom. The molecule has 0 saturated carbocycles. The van der Waals surface area contributed by atoms with E-state index in [-0.39, 0.29) is 6.10 Å². The van der Waals surface area contributed by atoms with Gasteiger partial charge >= 0.3 is 0 Å². The summed E-state index contributed by atoms with van der Waals surface area (Å²) in [7, 11) is 0. The first-order valence-electron chi connectivity index (χ1n) is 6.13. The van der Waals surface area contributed by atoms with Crippen LogP contribution in [0, 0.1) is 0 Å². The minimum atomic E-state index is 0.0589. The molecule has 0 saturated heterocycles. The molecular weight excluding hydrogens is 242 g/mol. The van der Waals surface area contributed by atoms with Crippen molar-refractivity contribution in [3.05, 3.63) is 42.5 Å². The maximum Gasteiger partial charge on any atom is 0.120 e. The summed E-state index contributed by atoms with van der Waals surface area (Å²) in [5, 5.41) is 2.40. The Morgan fingerprint density at radius 2 is 1.94 bits per heavy atom. The van der Waals surface area contributed by atoms with Crippen LogP contribution in [0.25, 0.3) is 10.8 Å². The van der Waals surface area contributed by atoms with Crippen LogP contribution in [0.4, 0.5) is 0 Å². The third-order valence-corrected chi connectivity index (χ3v) is 3.07. The van der Waals surface area contributed by atoms with Crippen LogP contribution in [-0.2, 0) is 0 Å². The number of nitrogens with two attached hydrogens (primary N) is 1. The minimum Gasteiger partial charge on any atom is -0.490 e. The van der Waals surface area contributed by atoms with E-state index in [0.717, 1.165) is 12.2 Å². The van der Waals surface area contributed by atoms with Gasteiger partial charge < -0.3 is 10.5 Å². The van der Waals surface area contributed by atoms with Crippen LogP contribution in [0.2, 0.25) is 0 Å². The predicted molar refractivity (Wildman–Crippen MR) is 80.1 cm³/mol. The van der Waals surface area contributed by atoms with Crippen LogP contribution in [0.5, 0.6) is 5.75 Å². The van der Waals surface area contributed by atoms with Crippen LogP contribution in [0.1, 0.15) is 19.8 Å². The Bertz CT molecular complexity index is 553. The highest BCUT2D eigenvalue weighted by Gasteiger charge is 2.09. The maximum absolute atomic E-state index is 5.92. The molecule has 2 aromatic rings. The van der Waals surface area contributed by atoms with Crippen molar-refractivity contribution >= 4 is 28.0 Å². The third kappa shape index (κ3) is 3.20. The van der Waals surface area contributed by atoms with Crippen LogP contribution < -0.4 is 10.5 Å². The zero-order valence-corrected chi connectivity index (χ0v) is 11.2. The number of hydrogen-bond acceptors (Lipinski definition) is 2. The lowest BCUT2D eigenvalue weighted by Gasteiger charge is -2.17. The summed E-state index contributed by atoms with van der Waals surface area (Å²) in [6.45, 7) is 2.07. The molecule has 0 fully saturated rings. The van der Waals surface area contributed by atoms with Gasteiger partial charge in [0, 0.05) is 6.42 Å². The highest BCUT2D eigenvalue weighted by molar-refractivity contribution is 7.80. The molecule has 3 heteroatoms. The van der Waals surface area contributed by atoms with Crippen LogP contribution in [0.15, 0.2) is 42.5 Å². The fourth-order valence-electron chi connectivity index (χ4n) is 1.93. The van der Waals surface area contributed by atoms with Gasteiger partial charge in [-0.15, -0.1) is 0 Å². The van der Waals surface area contributed by atoms with Gasteiger partial charge in [0.05, 0.1) is 4.99 Å². The van der Waals surface area contributed by atoms with E-state index >= 15 is 0 Å². The third-order valence-electron chi connectivity index (χ3n) is 2.91. The van der Waals surface area contributed by atoms with E-state index < -0.39 is 0 Å². The standard InChI is InChI=1S/C15H17NOS/c1-2-13(10-15(16)18)17-14-8-7-11-5-3-4-6-12(11)9-14/h3-9,13H,2,10H2,1H3,(H2,16,18). The van der Waals surface area contributed by atoms with Crippen molar-refractivity contribution in [2.24, 2.45) is 5.73 Å². The molecule has 1 unspecified atom stereocenters. The second-order valence-electron chi connectivity index (χ2n) is 4.33. The first kappa shape index (κ1) is 12.8. The quantitative estimate of drug-likeness (QED) is 0.832. The predicted octanol–water partition coefficient (Wildman–Crippen LogP) is 3.67. The van der Waals surface area contributed by atoms with Gasteiger partial charge in [0.1, 0.15) is 11.9 Å². The molecule has 18 heavy (non-hydrogen) atoms. The van der Waals surface area contributed by atoms with Crippen molar-refractivity contribution in [1.82, 2.24) is 0 Å². The summed E-state index contributed by atoms with van der Waals surface area (Å²) in [6, 6.07) is 14.3. The zero-order chi connectivity index (χ0) is 13.0. The Hall–Kier alpha value is -1.61. The summed E-state index contributed by atoms with van der Waals surface area (Å²) in [5.41, 5.74) is 5.56. The molecule has 0 aromatic heterocycles. The molecule has 2 N–H and O–H groups in total. The Balaban J connectivity index is 2.17. The molecule has 0 heterocycles. The van der Waals surface area contributed by atoms with E-state index in [0.29, 0.717) is 11.4 Å². The van der Waals surface area contributed by atoms with Gasteiger partial charge in [-0.25, -0.2) is 0 Å². The van der Waals surface area contributed by atoms with E-state index in [1.54, 1.807) is 0 Å². The van der Waals surface area contributed by atoms with Crippen molar-refractivity contribution < 1.29 is 4.74 Å². The molecule has 1 atom stereocenters. The molecule has 94 valence electrons. The summed E-state index contributed by atoms with van der Waals surface area (Å²) < 4.78 is 5.92. The second kappa shape index (κ2) is 5.83. The number of benzene rings is 2. The van der Waals surface area contributed by atoms with Crippen molar-refractivity contribution in [3.8, 4) is 5.75 Å². The Kier molecular flexibility index (Phi) is 4.15. The van der Waals surface area contributed by atoms with Gasteiger partial charge in [0.25, 0.3) is 0 Å². The van der Waals surface area contributed by atoms with Gasteiger partial charge in [-0.05, 0) is 29.3 Å². The normalized spacial score (nSPS) is 12.3. The molecule has 0 bridgehead atoms. The zero-order valence-electron chi connectivity index (χ0n) is 10.4. The monoisotopic (exact) mass is 259 g/mol. The van der Waals surface area contributed by atoms with Gasteiger partial charge in [-0.3, -0.25) is 0 Å². The van der Waals surface area contributed by atoms with Crippen molar-refractivity contribution in [2.75, 3.05) is 0 Å². The van der Waals surface area contributed by atoms with Crippen LogP contribution in [-0.4, -0.2) is 11.1 Å². The second-order valence-corrected chi connectivity index (χ2v) is 4.85. The Labute approximate surface area is 113 Å². The van der Waals surface area contributed by atoms with Crippen LogP contribution >= 0.6 is 12.2 Å². The lowest BCUT2D eigenvalue weighted by Crippen LogP contribution is -2.23. The largest absolute Gasteiger partial charge is 0.490 e. The van der Waals surface area contributed by atoms with Crippen molar-refractivity contribution in [2.45, 2.75) is 25.9 Å². The lowest BCUT2D eigenvalue weighted by molar-refractivity contribution is 0.205. The van der Waals surface area contributed by atoms with E-state index in [1.807, 2.05) is 18.2 Å². The van der Waals surface area contributed by atoms with E-state index in [9.17, 15) is 0 Å². The van der Waals surface area contributed by atoms with Crippen molar-refractivity contribution in [3.63, 3.8) is 0 Å². The molecule has 0 aliphatic heterocycles. The van der Waals surface area contributed by atoms with Gasteiger partial charge in [-0.2, -0.15) is 0 Å². The number of ether oxygens (including phenoxy) is 1. The van der Waals surface area contributed by atoms with Gasteiger partial charge in [0.2, 0.25) is 0 Å². The van der Waals surface area contributed by atoms with Crippen LogP contribution in [0.3, 0.4) is 0 Å². The number of thiocarbonyl (C=S) groups is 1. The average molecular weight is 259 g/mol. The minimum absolute atomic E-state index is 0.0589. The molecule has 0 aliphatic rings. The highest BCUT2D eigenvalue weighted by atomic mass is 32.1. The van der Waals surface area contributed by atoms with Gasteiger partial charge in [-0.1, -0.05) is 49.5 Å². The number of rotatable bonds is 5. The van der Waals surface area contributed by atoms with E-state index in [1.165, 1.54) is 10.8 Å². The molecule has 0 aliphatic carbocycles. The van der Waals surface area contributed by atoms with Gasteiger partial charge in [0.15, 0.2) is 0 Å². The maximum atomic E-state index is 5.92. The molecular formula is C15H17NOS. The number of hydrogen-bond donors (Lipinski definition) is 1. The number of fused-ring (bicyclic) bond motifs is 1. The SMILES string of the molecule is CCC(CC(N)=S)Oc1ccc2ccccc2c1. The van der Waals surface area contributed by atoms with E-state index in [4.69, 9.17) is 22.7 Å². The fourth-order valence-corrected chi connectivity index (χ4v) is 2.11. The smallest absolute Gasteiger partial charge is 0.120 e. The van der Waals surface area contributed by atoms with Crippen molar-refractivity contribution in [1.29, 1.82) is 0 Å². The molecule has 2 nitrogen and oxygen atoms in total. The summed E-state index contributed by atoms with van der Waals surface area (Å²) in [4.78, 5) is 0.502. The molecule has 0 radical (unpaired) electrons. The molecule has 2 aromatic carbocycles.